The SMILES string of the molecule is CO[C@H](c1ccc(N2CC[C@H](O)C2)cc1)[C@H](N)CF. The van der Waals surface area contributed by atoms with E-state index in [2.05, 4.69) is 4.90 Å². The molecular weight excluding hydrogens is 247 g/mol. The molecule has 2 rings (SSSR count). The average molecular weight is 268 g/mol. The first kappa shape index (κ1) is 14.2. The predicted molar refractivity (Wildman–Crippen MR) is 73.0 cm³/mol. The molecule has 3 N–H and O–H groups in total. The largest absolute Gasteiger partial charge is 0.391 e. The van der Waals surface area contributed by atoms with Crippen molar-refractivity contribution in [3.05, 3.63) is 29.8 Å². The molecule has 1 saturated heterocycles. The number of methoxy groups -OCH3 is 1. The van der Waals surface area contributed by atoms with E-state index < -0.39 is 18.8 Å². The number of aliphatic hydroxyl groups excluding tert-OH is 1. The Morgan fingerprint density at radius 3 is 2.63 bits per heavy atom. The number of benzene rings is 1. The molecular formula is C14H21FN2O2. The van der Waals surface area contributed by atoms with Crippen LogP contribution in [0.4, 0.5) is 10.1 Å². The van der Waals surface area contributed by atoms with Crippen LogP contribution in [-0.4, -0.2) is 44.1 Å². The molecule has 1 aromatic rings. The molecule has 4 nitrogen and oxygen atoms in total. The topological polar surface area (TPSA) is 58.7 Å². The quantitative estimate of drug-likeness (QED) is 0.843. The molecule has 0 amide bonds. The third kappa shape index (κ3) is 3.23. The van der Waals surface area contributed by atoms with Crippen molar-refractivity contribution < 1.29 is 14.2 Å². The number of halogens is 1. The molecule has 1 aromatic carbocycles. The van der Waals surface area contributed by atoms with Gasteiger partial charge in [-0.1, -0.05) is 12.1 Å². The van der Waals surface area contributed by atoms with Gasteiger partial charge in [0.2, 0.25) is 0 Å². The molecule has 106 valence electrons. The summed E-state index contributed by atoms with van der Waals surface area (Å²) in [5.74, 6) is 0. The van der Waals surface area contributed by atoms with Crippen LogP contribution in [0.3, 0.4) is 0 Å². The first-order valence-electron chi connectivity index (χ1n) is 6.53. The van der Waals surface area contributed by atoms with Gasteiger partial charge in [-0.05, 0) is 24.1 Å². The van der Waals surface area contributed by atoms with E-state index in [1.54, 1.807) is 0 Å². The molecule has 0 bridgehead atoms. The number of alkyl halides is 1. The zero-order valence-electron chi connectivity index (χ0n) is 11.1. The molecule has 19 heavy (non-hydrogen) atoms. The van der Waals surface area contributed by atoms with Gasteiger partial charge in [-0.2, -0.15) is 0 Å². The lowest BCUT2D eigenvalue weighted by Crippen LogP contribution is -2.31. The monoisotopic (exact) mass is 268 g/mol. The number of ether oxygens (including phenoxy) is 1. The summed E-state index contributed by atoms with van der Waals surface area (Å²) < 4.78 is 17.9. The summed E-state index contributed by atoms with van der Waals surface area (Å²) in [6.45, 7) is 0.911. The lowest BCUT2D eigenvalue weighted by molar-refractivity contribution is 0.0721. The van der Waals surface area contributed by atoms with E-state index in [0.717, 1.165) is 24.2 Å². The van der Waals surface area contributed by atoms with Crippen molar-refractivity contribution in [3.63, 3.8) is 0 Å². The highest BCUT2D eigenvalue weighted by Gasteiger charge is 2.22. The maximum atomic E-state index is 12.6. The normalized spacial score (nSPS) is 22.5. The van der Waals surface area contributed by atoms with Crippen LogP contribution in [0.1, 0.15) is 18.1 Å². The van der Waals surface area contributed by atoms with E-state index >= 15 is 0 Å². The summed E-state index contributed by atoms with van der Waals surface area (Å²) in [4.78, 5) is 2.13. The van der Waals surface area contributed by atoms with E-state index in [4.69, 9.17) is 10.5 Å². The smallest absolute Gasteiger partial charge is 0.107 e. The van der Waals surface area contributed by atoms with Gasteiger partial charge < -0.3 is 20.5 Å². The Bertz CT molecular complexity index is 399. The second-order valence-corrected chi connectivity index (χ2v) is 4.95. The Labute approximate surface area is 113 Å². The standard InChI is InChI=1S/C14H21FN2O2/c1-19-14(13(16)8-15)10-2-4-11(5-3-10)17-7-6-12(18)9-17/h2-5,12-14,18H,6-9,16H2,1H3/t12-,13+,14+/m0/s1. The zero-order valence-corrected chi connectivity index (χ0v) is 11.1. The molecule has 0 radical (unpaired) electrons. The number of hydrogen-bond donors (Lipinski definition) is 2. The van der Waals surface area contributed by atoms with Crippen LogP contribution in [-0.2, 0) is 4.74 Å². The summed E-state index contributed by atoms with van der Waals surface area (Å²) in [7, 11) is 1.53. The van der Waals surface area contributed by atoms with Crippen LogP contribution in [0.15, 0.2) is 24.3 Å². The molecule has 1 aliphatic heterocycles. The van der Waals surface area contributed by atoms with Crippen LogP contribution in [0.2, 0.25) is 0 Å². The number of nitrogens with two attached hydrogens (primary N) is 1. The fourth-order valence-corrected chi connectivity index (χ4v) is 2.49. The van der Waals surface area contributed by atoms with Gasteiger partial charge >= 0.3 is 0 Å². The Balaban J connectivity index is 2.09. The zero-order chi connectivity index (χ0) is 13.8. The highest BCUT2D eigenvalue weighted by atomic mass is 19.1. The van der Waals surface area contributed by atoms with Gasteiger partial charge in [0.25, 0.3) is 0 Å². The molecule has 0 aromatic heterocycles. The number of hydrogen-bond acceptors (Lipinski definition) is 4. The van der Waals surface area contributed by atoms with Gasteiger partial charge in [-0.25, -0.2) is 4.39 Å². The lowest BCUT2D eigenvalue weighted by atomic mass is 10.0. The van der Waals surface area contributed by atoms with Crippen LogP contribution >= 0.6 is 0 Å². The van der Waals surface area contributed by atoms with Crippen LogP contribution < -0.4 is 10.6 Å². The number of aliphatic hydroxyl groups is 1. The highest BCUT2D eigenvalue weighted by Crippen LogP contribution is 2.25. The number of anilines is 1. The highest BCUT2D eigenvalue weighted by molar-refractivity contribution is 5.49. The Morgan fingerprint density at radius 1 is 1.47 bits per heavy atom. The molecule has 0 unspecified atom stereocenters. The van der Waals surface area contributed by atoms with Crippen molar-refractivity contribution >= 4 is 5.69 Å². The van der Waals surface area contributed by atoms with Crippen LogP contribution in [0.25, 0.3) is 0 Å². The van der Waals surface area contributed by atoms with Crippen molar-refractivity contribution in [1.29, 1.82) is 0 Å². The number of β-amino-alcohol motifs (C(OH)–C–C–N with tert-alkyl or cyclic N) is 1. The average Bonchev–Trinajstić information content (AvgIpc) is 2.87. The van der Waals surface area contributed by atoms with Crippen molar-refractivity contribution in [3.8, 4) is 0 Å². The fourth-order valence-electron chi connectivity index (χ4n) is 2.49. The van der Waals surface area contributed by atoms with E-state index in [-0.39, 0.29) is 6.10 Å². The second kappa shape index (κ2) is 6.32. The Morgan fingerprint density at radius 2 is 2.16 bits per heavy atom. The molecule has 0 saturated carbocycles. The second-order valence-electron chi connectivity index (χ2n) is 4.95. The minimum Gasteiger partial charge on any atom is -0.391 e. The predicted octanol–water partition coefficient (Wildman–Crippen LogP) is 1.24. The third-order valence-electron chi connectivity index (χ3n) is 3.57. The maximum absolute atomic E-state index is 12.6. The van der Waals surface area contributed by atoms with E-state index in [0.29, 0.717) is 6.54 Å². The van der Waals surface area contributed by atoms with Gasteiger partial charge in [0.1, 0.15) is 6.67 Å². The van der Waals surface area contributed by atoms with Crippen molar-refractivity contribution in [2.75, 3.05) is 31.8 Å². The molecule has 1 fully saturated rings. The molecule has 0 spiro atoms. The van der Waals surface area contributed by atoms with Crippen molar-refractivity contribution in [1.82, 2.24) is 0 Å². The first-order chi connectivity index (χ1) is 9.15. The Kier molecular flexibility index (Phi) is 4.74. The third-order valence-corrected chi connectivity index (χ3v) is 3.57. The fraction of sp³-hybridized carbons (Fsp3) is 0.571. The van der Waals surface area contributed by atoms with E-state index in [1.165, 1.54) is 7.11 Å². The minimum atomic E-state index is -0.649. The van der Waals surface area contributed by atoms with Gasteiger partial charge in [-0.3, -0.25) is 0 Å². The molecule has 1 heterocycles. The molecule has 5 heteroatoms. The summed E-state index contributed by atoms with van der Waals surface area (Å²) in [6.07, 6.45) is 0.129. The summed E-state index contributed by atoms with van der Waals surface area (Å²) in [5, 5.41) is 9.53. The molecule has 3 atom stereocenters. The Hall–Kier alpha value is -1.17. The summed E-state index contributed by atoms with van der Waals surface area (Å²) in [5.41, 5.74) is 7.63. The first-order valence-corrected chi connectivity index (χ1v) is 6.53. The van der Waals surface area contributed by atoms with Gasteiger partial charge in [-0.15, -0.1) is 0 Å². The van der Waals surface area contributed by atoms with Gasteiger partial charge in [0.05, 0.1) is 18.2 Å². The number of rotatable bonds is 5. The summed E-state index contributed by atoms with van der Waals surface area (Å²) in [6, 6.07) is 7.09. The van der Waals surface area contributed by atoms with Crippen LogP contribution in [0.5, 0.6) is 0 Å². The van der Waals surface area contributed by atoms with Crippen LogP contribution in [0, 0.1) is 0 Å². The number of nitrogens with zero attached hydrogens (tertiary/aromatic N) is 1. The van der Waals surface area contributed by atoms with Crippen molar-refractivity contribution in [2.24, 2.45) is 5.73 Å². The minimum absolute atomic E-state index is 0.244. The molecule has 1 aliphatic rings. The van der Waals surface area contributed by atoms with E-state index in [1.807, 2.05) is 24.3 Å². The van der Waals surface area contributed by atoms with Crippen molar-refractivity contribution in [2.45, 2.75) is 24.7 Å². The lowest BCUT2D eigenvalue weighted by Gasteiger charge is -2.22. The van der Waals surface area contributed by atoms with Gasteiger partial charge in [0, 0.05) is 25.9 Å². The maximum Gasteiger partial charge on any atom is 0.107 e. The molecule has 0 aliphatic carbocycles. The van der Waals surface area contributed by atoms with Gasteiger partial charge in [0.15, 0.2) is 0 Å². The summed E-state index contributed by atoms with van der Waals surface area (Å²) >= 11 is 0. The van der Waals surface area contributed by atoms with E-state index in [9.17, 15) is 9.50 Å².